The molecule has 0 spiro atoms. The highest BCUT2D eigenvalue weighted by atomic mass is 79.9. The number of hydrogen-bond donors (Lipinski definition) is 2. The fourth-order valence-electron chi connectivity index (χ4n) is 2.04. The third-order valence-electron chi connectivity index (χ3n) is 3.06. The Morgan fingerprint density at radius 1 is 1.45 bits per heavy atom. The number of aliphatic carboxylic acids is 1. The van der Waals surface area contributed by atoms with Crippen LogP contribution in [-0.4, -0.2) is 24.7 Å². The van der Waals surface area contributed by atoms with Gasteiger partial charge in [0.15, 0.2) is 0 Å². The van der Waals surface area contributed by atoms with E-state index in [1.54, 1.807) is 7.11 Å². The zero-order valence-corrected chi connectivity index (χ0v) is 13.7. The lowest BCUT2D eigenvalue weighted by Gasteiger charge is -2.16. The number of carboxylic acid groups (broad SMARTS) is 1. The first-order valence-corrected chi connectivity index (χ1v) is 7.49. The molecular formula is C15H22BrNO3. The van der Waals surface area contributed by atoms with Crippen LogP contribution in [-0.2, 0) is 11.3 Å². The lowest BCUT2D eigenvalue weighted by molar-refractivity contribution is -0.142. The molecule has 1 rings (SSSR count). The molecule has 1 aromatic rings. The highest BCUT2D eigenvalue weighted by Crippen LogP contribution is 2.22. The number of carboxylic acids is 1. The molecule has 0 amide bonds. The largest absolute Gasteiger partial charge is 0.497 e. The Kier molecular flexibility index (Phi) is 7.02. The van der Waals surface area contributed by atoms with Crippen LogP contribution in [0.15, 0.2) is 22.7 Å². The second-order valence-corrected chi connectivity index (χ2v) is 6.11. The van der Waals surface area contributed by atoms with Crippen LogP contribution in [0.2, 0.25) is 0 Å². The van der Waals surface area contributed by atoms with Crippen molar-refractivity contribution in [3.63, 3.8) is 0 Å². The zero-order chi connectivity index (χ0) is 15.1. The summed E-state index contributed by atoms with van der Waals surface area (Å²) < 4.78 is 6.17. The highest BCUT2D eigenvalue weighted by molar-refractivity contribution is 9.10. The number of ether oxygens (including phenoxy) is 1. The lowest BCUT2D eigenvalue weighted by Crippen LogP contribution is -2.29. The van der Waals surface area contributed by atoms with Crippen LogP contribution in [0, 0.1) is 11.8 Å². The van der Waals surface area contributed by atoms with E-state index in [9.17, 15) is 9.90 Å². The molecule has 0 aliphatic heterocycles. The Morgan fingerprint density at radius 3 is 2.70 bits per heavy atom. The second-order valence-electron chi connectivity index (χ2n) is 5.25. The van der Waals surface area contributed by atoms with Crippen molar-refractivity contribution in [2.45, 2.75) is 26.8 Å². The van der Waals surface area contributed by atoms with Crippen molar-refractivity contribution in [1.82, 2.24) is 5.32 Å². The van der Waals surface area contributed by atoms with Crippen molar-refractivity contribution < 1.29 is 14.6 Å². The van der Waals surface area contributed by atoms with Gasteiger partial charge in [-0.05, 0) is 36.1 Å². The summed E-state index contributed by atoms with van der Waals surface area (Å²) in [6.45, 7) is 5.15. The highest BCUT2D eigenvalue weighted by Gasteiger charge is 2.18. The number of methoxy groups -OCH3 is 1. The van der Waals surface area contributed by atoms with E-state index in [1.807, 2.05) is 32.0 Å². The number of rotatable bonds is 8. The average Bonchev–Trinajstić information content (AvgIpc) is 2.39. The maximum atomic E-state index is 11.2. The molecule has 0 saturated heterocycles. The SMILES string of the molecule is COc1ccc(Br)c(CNCC(CC(C)C)C(=O)O)c1. The summed E-state index contributed by atoms with van der Waals surface area (Å²) in [5.41, 5.74) is 1.05. The predicted molar refractivity (Wildman–Crippen MR) is 83.0 cm³/mol. The maximum absolute atomic E-state index is 11.2. The van der Waals surface area contributed by atoms with Crippen molar-refractivity contribution >= 4 is 21.9 Å². The van der Waals surface area contributed by atoms with Crippen LogP contribution in [0.4, 0.5) is 0 Å². The standard InChI is InChI=1S/C15H22BrNO3/c1-10(2)6-12(15(18)19)9-17-8-11-7-13(20-3)4-5-14(11)16/h4-5,7,10,12,17H,6,8-9H2,1-3H3,(H,18,19). The number of benzene rings is 1. The molecule has 0 fully saturated rings. The van der Waals surface area contributed by atoms with Crippen molar-refractivity contribution in [2.75, 3.05) is 13.7 Å². The molecule has 5 heteroatoms. The first kappa shape index (κ1) is 17.0. The third kappa shape index (κ3) is 5.51. The predicted octanol–water partition coefficient (Wildman–Crippen LogP) is 3.29. The molecule has 20 heavy (non-hydrogen) atoms. The fraction of sp³-hybridized carbons (Fsp3) is 0.533. The average molecular weight is 344 g/mol. The summed E-state index contributed by atoms with van der Waals surface area (Å²) in [7, 11) is 1.63. The minimum Gasteiger partial charge on any atom is -0.497 e. The van der Waals surface area contributed by atoms with Crippen molar-refractivity contribution in [3.8, 4) is 5.75 Å². The van der Waals surface area contributed by atoms with E-state index in [0.717, 1.165) is 15.8 Å². The van der Waals surface area contributed by atoms with Gasteiger partial charge in [0.2, 0.25) is 0 Å². The Balaban J connectivity index is 2.56. The molecular weight excluding hydrogens is 322 g/mol. The van der Waals surface area contributed by atoms with Gasteiger partial charge in [0.25, 0.3) is 0 Å². The molecule has 0 saturated carbocycles. The van der Waals surface area contributed by atoms with Gasteiger partial charge in [0.1, 0.15) is 5.75 Å². The second kappa shape index (κ2) is 8.27. The fourth-order valence-corrected chi connectivity index (χ4v) is 2.42. The molecule has 0 aromatic heterocycles. The molecule has 4 nitrogen and oxygen atoms in total. The van der Waals surface area contributed by atoms with Crippen LogP contribution in [0.3, 0.4) is 0 Å². The van der Waals surface area contributed by atoms with Gasteiger partial charge < -0.3 is 15.2 Å². The van der Waals surface area contributed by atoms with E-state index in [-0.39, 0.29) is 5.92 Å². The number of nitrogens with one attached hydrogen (secondary N) is 1. The summed E-state index contributed by atoms with van der Waals surface area (Å²) in [6.07, 6.45) is 0.682. The molecule has 112 valence electrons. The van der Waals surface area contributed by atoms with Crippen LogP contribution in [0.25, 0.3) is 0 Å². The van der Waals surface area contributed by atoms with Gasteiger partial charge in [-0.2, -0.15) is 0 Å². The minimum atomic E-state index is -0.740. The molecule has 0 aliphatic carbocycles. The Labute approximate surface area is 128 Å². The number of carbonyl (C=O) groups is 1. The van der Waals surface area contributed by atoms with Gasteiger partial charge in [-0.15, -0.1) is 0 Å². The van der Waals surface area contributed by atoms with E-state index < -0.39 is 5.97 Å². The molecule has 1 atom stereocenters. The van der Waals surface area contributed by atoms with Crippen molar-refractivity contribution in [1.29, 1.82) is 0 Å². The number of halogens is 1. The monoisotopic (exact) mass is 343 g/mol. The quantitative estimate of drug-likeness (QED) is 0.760. The summed E-state index contributed by atoms with van der Waals surface area (Å²) in [4.78, 5) is 11.2. The summed E-state index contributed by atoms with van der Waals surface area (Å²) in [5.74, 6) is 0.0821. The van der Waals surface area contributed by atoms with Crippen LogP contribution in [0.1, 0.15) is 25.8 Å². The van der Waals surface area contributed by atoms with Gasteiger partial charge in [-0.25, -0.2) is 0 Å². The molecule has 0 radical (unpaired) electrons. The zero-order valence-electron chi connectivity index (χ0n) is 12.1. The number of hydrogen-bond acceptors (Lipinski definition) is 3. The first-order valence-electron chi connectivity index (χ1n) is 6.70. The Hall–Kier alpha value is -1.07. The van der Waals surface area contributed by atoms with E-state index in [2.05, 4.69) is 21.2 Å². The molecule has 0 bridgehead atoms. The van der Waals surface area contributed by atoms with Gasteiger partial charge in [0.05, 0.1) is 13.0 Å². The topological polar surface area (TPSA) is 58.6 Å². The first-order chi connectivity index (χ1) is 9.43. The van der Waals surface area contributed by atoms with Gasteiger partial charge >= 0.3 is 5.97 Å². The Morgan fingerprint density at radius 2 is 2.15 bits per heavy atom. The molecule has 2 N–H and O–H groups in total. The molecule has 1 aromatic carbocycles. The molecule has 0 aliphatic rings. The van der Waals surface area contributed by atoms with Gasteiger partial charge in [-0.3, -0.25) is 4.79 Å². The van der Waals surface area contributed by atoms with Crippen molar-refractivity contribution in [3.05, 3.63) is 28.2 Å². The molecule has 0 heterocycles. The smallest absolute Gasteiger partial charge is 0.307 e. The van der Waals surface area contributed by atoms with Crippen LogP contribution < -0.4 is 10.1 Å². The summed E-state index contributed by atoms with van der Waals surface area (Å²) in [5, 5.41) is 12.4. The van der Waals surface area contributed by atoms with E-state index in [1.165, 1.54) is 0 Å². The van der Waals surface area contributed by atoms with E-state index >= 15 is 0 Å². The van der Waals surface area contributed by atoms with E-state index in [4.69, 9.17) is 4.74 Å². The van der Waals surface area contributed by atoms with Gasteiger partial charge in [0, 0.05) is 17.6 Å². The Bertz CT molecular complexity index is 449. The molecule has 1 unspecified atom stereocenters. The summed E-state index contributed by atoms with van der Waals surface area (Å²) in [6, 6.07) is 5.75. The summed E-state index contributed by atoms with van der Waals surface area (Å²) >= 11 is 3.48. The lowest BCUT2D eigenvalue weighted by atomic mass is 9.97. The maximum Gasteiger partial charge on any atom is 0.307 e. The van der Waals surface area contributed by atoms with Crippen molar-refractivity contribution in [2.24, 2.45) is 11.8 Å². The normalized spacial score (nSPS) is 12.4. The van der Waals surface area contributed by atoms with Crippen LogP contribution in [0.5, 0.6) is 5.75 Å². The minimum absolute atomic E-state index is 0.348. The third-order valence-corrected chi connectivity index (χ3v) is 3.84. The van der Waals surface area contributed by atoms with Crippen LogP contribution >= 0.6 is 15.9 Å². The van der Waals surface area contributed by atoms with Gasteiger partial charge in [-0.1, -0.05) is 29.8 Å². The van der Waals surface area contributed by atoms with E-state index in [0.29, 0.717) is 25.4 Å².